The Morgan fingerprint density at radius 1 is 0.523 bits per heavy atom. The minimum absolute atomic E-state index is 1.13. The number of nitrogens with zero attached hydrogens (tertiary/aromatic N) is 3. The van der Waals surface area contributed by atoms with Gasteiger partial charge in [0.25, 0.3) is 12.4 Å². The summed E-state index contributed by atoms with van der Waals surface area (Å²) in [4.78, 5) is 4.29. The van der Waals surface area contributed by atoms with Crippen molar-refractivity contribution in [3.05, 3.63) is 151 Å². The SMILES string of the molecule is C1=[N+]=CC(c2ccc3c(ccc4c5ccc(-c6ccc7cc(-c8cccnc8)ccc7c6)cc5n(-c5ccccc5)c34)c2)=C1. The van der Waals surface area contributed by atoms with E-state index in [1.165, 1.54) is 65.6 Å². The van der Waals surface area contributed by atoms with Gasteiger partial charge in [0.2, 0.25) is 0 Å². The Kier molecular flexibility index (Phi) is 5.46. The highest BCUT2D eigenvalue weighted by atomic mass is 15.0. The van der Waals surface area contributed by atoms with Gasteiger partial charge < -0.3 is 4.57 Å². The lowest BCUT2D eigenvalue weighted by Crippen LogP contribution is -1.94. The van der Waals surface area contributed by atoms with Gasteiger partial charge in [0.15, 0.2) is 0 Å². The normalized spacial score (nSPS) is 12.6. The number of hydrogen-bond acceptors (Lipinski definition) is 1. The standard InChI is InChI=1S/C41H26N3/c1-2-6-36(7-3-1)44-40-24-32(29-9-8-28-22-30(11-10-27(28)21-29)34-5-4-19-42-25-34)13-16-38(40)39-17-14-33-23-31(35-18-20-43-26-35)12-15-37(33)41(39)44/h1-26H/q+1. The monoisotopic (exact) mass is 560 g/mol. The molecule has 3 heteroatoms. The van der Waals surface area contributed by atoms with Crippen LogP contribution in [0.1, 0.15) is 5.56 Å². The van der Waals surface area contributed by atoms with E-state index in [0.29, 0.717) is 0 Å². The smallest absolute Gasteiger partial charge is 0.300 e. The van der Waals surface area contributed by atoms with E-state index in [4.69, 9.17) is 0 Å². The maximum absolute atomic E-state index is 4.29. The highest BCUT2D eigenvalue weighted by Crippen LogP contribution is 2.39. The van der Waals surface area contributed by atoms with E-state index in [2.05, 4.69) is 142 Å². The van der Waals surface area contributed by atoms with Crippen LogP contribution in [0.5, 0.6) is 0 Å². The lowest BCUT2D eigenvalue weighted by molar-refractivity contribution is 1.19. The molecule has 0 bridgehead atoms. The molecule has 0 spiro atoms. The molecule has 0 aliphatic carbocycles. The molecule has 9 rings (SSSR count). The third-order valence-electron chi connectivity index (χ3n) is 8.81. The Morgan fingerprint density at radius 2 is 1.20 bits per heavy atom. The van der Waals surface area contributed by atoms with Crippen LogP contribution in [-0.4, -0.2) is 22.0 Å². The van der Waals surface area contributed by atoms with Gasteiger partial charge in [0.05, 0.1) is 16.6 Å². The van der Waals surface area contributed by atoms with E-state index in [0.717, 1.165) is 16.8 Å². The zero-order valence-corrected chi connectivity index (χ0v) is 23.9. The van der Waals surface area contributed by atoms with E-state index in [1.807, 2.05) is 30.9 Å². The predicted molar refractivity (Wildman–Crippen MR) is 187 cm³/mol. The molecule has 0 amide bonds. The van der Waals surface area contributed by atoms with Crippen molar-refractivity contribution < 1.29 is 0 Å². The Hall–Kier alpha value is -6.02. The summed E-state index contributed by atoms with van der Waals surface area (Å²) in [5.74, 6) is 0. The predicted octanol–water partition coefficient (Wildman–Crippen LogP) is 9.42. The lowest BCUT2D eigenvalue weighted by atomic mass is 9.97. The van der Waals surface area contributed by atoms with Crippen molar-refractivity contribution in [2.45, 2.75) is 0 Å². The molecule has 8 aromatic rings. The van der Waals surface area contributed by atoms with E-state index < -0.39 is 0 Å². The molecule has 44 heavy (non-hydrogen) atoms. The lowest BCUT2D eigenvalue weighted by Gasteiger charge is -2.11. The van der Waals surface area contributed by atoms with Gasteiger partial charge in [-0.25, -0.2) is 0 Å². The first-order valence-electron chi connectivity index (χ1n) is 14.9. The van der Waals surface area contributed by atoms with Crippen LogP contribution in [0.3, 0.4) is 0 Å². The number of benzene rings is 6. The van der Waals surface area contributed by atoms with Crippen LogP contribution in [0.2, 0.25) is 0 Å². The molecule has 3 heterocycles. The zero-order chi connectivity index (χ0) is 29.0. The quantitative estimate of drug-likeness (QED) is 0.197. The molecule has 1 aliphatic heterocycles. The summed E-state index contributed by atoms with van der Waals surface area (Å²) in [5.41, 5.74) is 10.6. The van der Waals surface area contributed by atoms with Gasteiger partial charge in [-0.05, 0) is 80.9 Å². The summed E-state index contributed by atoms with van der Waals surface area (Å²) >= 11 is 0. The number of pyridine rings is 1. The fraction of sp³-hybridized carbons (Fsp3) is 0. The Morgan fingerprint density at radius 3 is 1.98 bits per heavy atom. The number of rotatable bonds is 4. The van der Waals surface area contributed by atoms with Crippen LogP contribution in [0, 0.1) is 0 Å². The topological polar surface area (TPSA) is 31.9 Å². The molecule has 0 fully saturated rings. The molecule has 0 saturated carbocycles. The second-order valence-corrected chi connectivity index (χ2v) is 11.4. The van der Waals surface area contributed by atoms with Gasteiger partial charge in [-0.1, -0.05) is 84.9 Å². The summed E-state index contributed by atoms with van der Waals surface area (Å²) in [5, 5.41) is 7.41. The number of aromatic nitrogens is 2. The summed E-state index contributed by atoms with van der Waals surface area (Å²) in [7, 11) is 0. The molecule has 0 radical (unpaired) electrons. The molecule has 0 N–H and O–H groups in total. The Bertz CT molecular complexity index is 2510. The maximum atomic E-state index is 4.29. The van der Waals surface area contributed by atoms with Crippen molar-refractivity contribution in [3.8, 4) is 27.9 Å². The molecule has 0 saturated heterocycles. The molecular formula is C41H26N3+. The van der Waals surface area contributed by atoms with Crippen LogP contribution in [0.15, 0.2) is 146 Å². The van der Waals surface area contributed by atoms with Crippen molar-refractivity contribution in [2.75, 3.05) is 0 Å². The number of fused-ring (bicyclic) bond motifs is 6. The first-order chi connectivity index (χ1) is 21.8. The molecule has 0 unspecified atom stereocenters. The van der Waals surface area contributed by atoms with Crippen molar-refractivity contribution >= 4 is 61.4 Å². The minimum atomic E-state index is 1.13. The number of hydrogen-bond donors (Lipinski definition) is 0. The minimum Gasteiger partial charge on any atom is -0.309 e. The van der Waals surface area contributed by atoms with Crippen LogP contribution in [-0.2, 0) is 0 Å². The van der Waals surface area contributed by atoms with Crippen LogP contribution >= 0.6 is 0 Å². The highest BCUT2D eigenvalue weighted by Gasteiger charge is 2.17. The van der Waals surface area contributed by atoms with Gasteiger partial charge in [0.1, 0.15) is 0 Å². The van der Waals surface area contributed by atoms with Gasteiger partial charge in [-0.15, -0.1) is 4.67 Å². The second kappa shape index (κ2) is 9.78. The second-order valence-electron chi connectivity index (χ2n) is 11.4. The summed E-state index contributed by atoms with van der Waals surface area (Å²) in [6, 6.07) is 46.4. The summed E-state index contributed by atoms with van der Waals surface area (Å²) in [6.07, 6.45) is 9.57. The van der Waals surface area contributed by atoms with E-state index in [1.54, 1.807) is 0 Å². The molecule has 0 atom stereocenters. The van der Waals surface area contributed by atoms with Crippen molar-refractivity contribution in [1.82, 2.24) is 14.2 Å². The zero-order valence-electron chi connectivity index (χ0n) is 23.9. The van der Waals surface area contributed by atoms with E-state index in [-0.39, 0.29) is 0 Å². The fourth-order valence-electron chi connectivity index (χ4n) is 6.64. The summed E-state index contributed by atoms with van der Waals surface area (Å²) < 4.78 is 6.70. The third kappa shape index (κ3) is 3.92. The average Bonchev–Trinajstić information content (AvgIpc) is 3.75. The molecule has 1 aliphatic rings. The summed E-state index contributed by atoms with van der Waals surface area (Å²) in [6.45, 7) is 0. The van der Waals surface area contributed by atoms with Gasteiger partial charge >= 0.3 is 0 Å². The van der Waals surface area contributed by atoms with E-state index in [9.17, 15) is 0 Å². The van der Waals surface area contributed by atoms with Crippen molar-refractivity contribution in [2.24, 2.45) is 0 Å². The molecule has 6 aromatic carbocycles. The molecule has 204 valence electrons. The van der Waals surface area contributed by atoms with Crippen molar-refractivity contribution in [1.29, 1.82) is 0 Å². The molecule has 2 aromatic heterocycles. The van der Waals surface area contributed by atoms with Gasteiger partial charge in [-0.2, -0.15) is 0 Å². The fourth-order valence-corrected chi connectivity index (χ4v) is 6.64. The first-order valence-corrected chi connectivity index (χ1v) is 14.9. The highest BCUT2D eigenvalue weighted by molar-refractivity contribution is 6.21. The van der Waals surface area contributed by atoms with Crippen LogP contribution < -0.4 is 4.67 Å². The van der Waals surface area contributed by atoms with Crippen molar-refractivity contribution in [3.63, 3.8) is 0 Å². The Balaban J connectivity index is 1.23. The maximum Gasteiger partial charge on any atom is 0.300 e. The molecular weight excluding hydrogens is 534 g/mol. The third-order valence-corrected chi connectivity index (χ3v) is 8.81. The van der Waals surface area contributed by atoms with Crippen LogP contribution in [0.4, 0.5) is 0 Å². The average molecular weight is 561 g/mol. The van der Waals surface area contributed by atoms with Gasteiger partial charge in [0, 0.05) is 45.9 Å². The Labute approximate surface area is 254 Å². The molecule has 3 nitrogen and oxygen atoms in total. The first kappa shape index (κ1) is 24.6. The van der Waals surface area contributed by atoms with E-state index >= 15 is 0 Å². The number of para-hydroxylation sites is 1. The van der Waals surface area contributed by atoms with Gasteiger partial charge in [-0.3, -0.25) is 4.98 Å². The van der Waals surface area contributed by atoms with Crippen LogP contribution in [0.25, 0.3) is 76.9 Å². The number of allylic oxidation sites excluding steroid dienone is 2. The largest absolute Gasteiger partial charge is 0.309 e.